The molecule has 0 spiro atoms. The molecule has 17 heavy (non-hydrogen) atoms. The number of hydrogen-bond donors (Lipinski definition) is 1. The second-order valence-electron chi connectivity index (χ2n) is 3.99. The fraction of sp³-hybridized carbons (Fsp3) is 0.214. The van der Waals surface area contributed by atoms with Crippen molar-refractivity contribution in [2.24, 2.45) is 0 Å². The zero-order chi connectivity index (χ0) is 12.4. The van der Waals surface area contributed by atoms with Crippen molar-refractivity contribution in [1.29, 1.82) is 0 Å². The molecule has 1 unspecified atom stereocenters. The summed E-state index contributed by atoms with van der Waals surface area (Å²) in [6, 6.07) is 6.80. The van der Waals surface area contributed by atoms with Crippen molar-refractivity contribution in [3.8, 4) is 12.3 Å². The molecular formula is C14H12FNO. The Kier molecular flexibility index (Phi) is 3.08. The average Bonchev–Trinajstić information content (AvgIpc) is 2.30. The van der Waals surface area contributed by atoms with E-state index in [0.29, 0.717) is 11.1 Å². The molecule has 2 aromatic rings. The van der Waals surface area contributed by atoms with Crippen LogP contribution in [-0.4, -0.2) is 16.2 Å². The maximum absolute atomic E-state index is 13.8. The van der Waals surface area contributed by atoms with E-state index in [1.807, 2.05) is 19.1 Å². The number of halogens is 1. The fourth-order valence-corrected chi connectivity index (χ4v) is 1.75. The highest BCUT2D eigenvalue weighted by atomic mass is 19.1. The van der Waals surface area contributed by atoms with Crippen molar-refractivity contribution >= 4 is 10.9 Å². The van der Waals surface area contributed by atoms with Gasteiger partial charge in [0.15, 0.2) is 0 Å². The van der Waals surface area contributed by atoms with E-state index in [-0.39, 0.29) is 12.2 Å². The zero-order valence-electron chi connectivity index (χ0n) is 9.44. The molecule has 1 N–H and O–H groups in total. The van der Waals surface area contributed by atoms with Crippen LogP contribution >= 0.6 is 0 Å². The van der Waals surface area contributed by atoms with Gasteiger partial charge in [-0.25, -0.2) is 4.39 Å². The minimum Gasteiger partial charge on any atom is -0.380 e. The lowest BCUT2D eigenvalue weighted by Crippen LogP contribution is -2.07. The molecule has 0 saturated carbocycles. The normalized spacial score (nSPS) is 12.4. The van der Waals surface area contributed by atoms with E-state index in [1.165, 1.54) is 6.07 Å². The highest BCUT2D eigenvalue weighted by molar-refractivity contribution is 5.80. The number of fused-ring (bicyclic) bond motifs is 1. The molecule has 86 valence electrons. The van der Waals surface area contributed by atoms with Gasteiger partial charge in [0.05, 0.1) is 0 Å². The van der Waals surface area contributed by atoms with Crippen molar-refractivity contribution in [2.45, 2.75) is 19.4 Å². The van der Waals surface area contributed by atoms with Crippen LogP contribution in [0.15, 0.2) is 24.3 Å². The zero-order valence-corrected chi connectivity index (χ0v) is 9.44. The van der Waals surface area contributed by atoms with Crippen LogP contribution in [0.2, 0.25) is 0 Å². The van der Waals surface area contributed by atoms with Crippen molar-refractivity contribution < 1.29 is 9.50 Å². The Bertz CT molecular complexity index is 601. The summed E-state index contributed by atoms with van der Waals surface area (Å²) in [7, 11) is 0. The van der Waals surface area contributed by atoms with Crippen LogP contribution in [-0.2, 0) is 6.42 Å². The topological polar surface area (TPSA) is 33.1 Å². The van der Waals surface area contributed by atoms with Crippen LogP contribution in [0, 0.1) is 25.1 Å². The van der Waals surface area contributed by atoms with Crippen LogP contribution in [0.5, 0.6) is 0 Å². The van der Waals surface area contributed by atoms with Crippen LogP contribution < -0.4 is 0 Å². The maximum atomic E-state index is 13.8. The van der Waals surface area contributed by atoms with Crippen molar-refractivity contribution in [3.05, 3.63) is 41.3 Å². The second kappa shape index (κ2) is 4.52. The molecule has 0 amide bonds. The number of benzene rings is 1. The molecular weight excluding hydrogens is 217 g/mol. The predicted octanol–water partition coefficient (Wildman–Crippen LogP) is 2.22. The second-order valence-corrected chi connectivity index (χ2v) is 3.99. The molecule has 0 aliphatic heterocycles. The Balaban J connectivity index is 2.49. The van der Waals surface area contributed by atoms with Crippen LogP contribution in [0.4, 0.5) is 4.39 Å². The van der Waals surface area contributed by atoms with E-state index in [0.717, 1.165) is 11.1 Å². The summed E-state index contributed by atoms with van der Waals surface area (Å²) in [6.45, 7) is 1.81. The quantitative estimate of drug-likeness (QED) is 0.801. The number of terminal acetylenes is 1. The highest BCUT2D eigenvalue weighted by Crippen LogP contribution is 2.19. The van der Waals surface area contributed by atoms with Crippen molar-refractivity contribution in [1.82, 2.24) is 4.98 Å². The van der Waals surface area contributed by atoms with Gasteiger partial charge in [-0.2, -0.15) is 0 Å². The average molecular weight is 229 g/mol. The minimum absolute atomic E-state index is 0.247. The molecule has 2 nitrogen and oxygen atoms in total. The number of aliphatic hydroxyl groups excluding tert-OH is 1. The highest BCUT2D eigenvalue weighted by Gasteiger charge is 2.08. The number of nitrogens with zero attached hydrogens (tertiary/aromatic N) is 1. The summed E-state index contributed by atoms with van der Waals surface area (Å²) in [6.07, 6.45) is 4.45. The summed E-state index contributed by atoms with van der Waals surface area (Å²) >= 11 is 0. The van der Waals surface area contributed by atoms with Crippen molar-refractivity contribution in [2.75, 3.05) is 0 Å². The first kappa shape index (κ1) is 11.6. The van der Waals surface area contributed by atoms with Gasteiger partial charge < -0.3 is 5.11 Å². The molecule has 0 saturated heterocycles. The van der Waals surface area contributed by atoms with Crippen LogP contribution in [0.3, 0.4) is 0 Å². The summed E-state index contributed by atoms with van der Waals surface area (Å²) in [5.74, 6) is 1.82. The number of pyridine rings is 1. The molecule has 0 aliphatic carbocycles. The Labute approximate surface area is 99.1 Å². The van der Waals surface area contributed by atoms with Crippen LogP contribution in [0.1, 0.15) is 11.3 Å². The summed E-state index contributed by atoms with van der Waals surface area (Å²) in [5.41, 5.74) is 1.79. The van der Waals surface area contributed by atoms with Gasteiger partial charge in [0.2, 0.25) is 0 Å². The third-order valence-electron chi connectivity index (χ3n) is 2.57. The number of aryl methyl sites for hydroxylation is 1. The van der Waals surface area contributed by atoms with E-state index in [4.69, 9.17) is 6.42 Å². The van der Waals surface area contributed by atoms with E-state index in [2.05, 4.69) is 10.9 Å². The van der Waals surface area contributed by atoms with Gasteiger partial charge in [0, 0.05) is 17.5 Å². The first-order chi connectivity index (χ1) is 8.10. The Hall–Kier alpha value is -1.92. The van der Waals surface area contributed by atoms with E-state index in [1.54, 1.807) is 6.07 Å². The summed E-state index contributed by atoms with van der Waals surface area (Å²) < 4.78 is 13.8. The summed E-state index contributed by atoms with van der Waals surface area (Å²) in [4.78, 5) is 4.14. The Morgan fingerprint density at radius 1 is 1.47 bits per heavy atom. The maximum Gasteiger partial charge on any atom is 0.149 e. The lowest BCUT2D eigenvalue weighted by Gasteiger charge is -2.07. The summed E-state index contributed by atoms with van der Waals surface area (Å²) in [5, 5.41) is 10.1. The van der Waals surface area contributed by atoms with Crippen molar-refractivity contribution in [3.63, 3.8) is 0 Å². The lowest BCUT2D eigenvalue weighted by atomic mass is 10.0. The van der Waals surface area contributed by atoms with Gasteiger partial charge in [-0.3, -0.25) is 4.98 Å². The third kappa shape index (κ3) is 2.43. The number of hydrogen-bond acceptors (Lipinski definition) is 2. The molecule has 0 radical (unpaired) electrons. The molecule has 1 atom stereocenters. The lowest BCUT2D eigenvalue weighted by molar-refractivity contribution is 0.233. The number of rotatable bonds is 2. The minimum atomic E-state index is -0.884. The number of aromatic nitrogens is 1. The molecule has 0 aliphatic rings. The molecule has 3 heteroatoms. The van der Waals surface area contributed by atoms with Gasteiger partial charge in [0.25, 0.3) is 0 Å². The predicted molar refractivity (Wildman–Crippen MR) is 65.0 cm³/mol. The molecule has 0 fully saturated rings. The first-order valence-electron chi connectivity index (χ1n) is 5.30. The van der Waals surface area contributed by atoms with Crippen LogP contribution in [0.25, 0.3) is 10.9 Å². The Morgan fingerprint density at radius 3 is 2.94 bits per heavy atom. The van der Waals surface area contributed by atoms with E-state index in [9.17, 15) is 9.50 Å². The number of aliphatic hydroxyl groups is 1. The fourth-order valence-electron chi connectivity index (χ4n) is 1.75. The smallest absolute Gasteiger partial charge is 0.149 e. The van der Waals surface area contributed by atoms with Gasteiger partial charge in [-0.1, -0.05) is 12.0 Å². The third-order valence-corrected chi connectivity index (χ3v) is 2.57. The Morgan fingerprint density at radius 2 is 2.24 bits per heavy atom. The monoisotopic (exact) mass is 229 g/mol. The van der Waals surface area contributed by atoms with Gasteiger partial charge >= 0.3 is 0 Å². The largest absolute Gasteiger partial charge is 0.380 e. The molecule has 1 aromatic carbocycles. The molecule has 1 aromatic heterocycles. The van der Waals surface area contributed by atoms with Gasteiger partial charge in [-0.05, 0) is 30.7 Å². The van der Waals surface area contributed by atoms with E-state index >= 15 is 0 Å². The molecule has 1 heterocycles. The molecule has 2 rings (SSSR count). The SMILES string of the molecule is C#CC(O)Cc1cc(F)c2nc(C)ccc2c1. The standard InChI is InChI=1S/C14H12FNO/c1-3-12(17)7-10-6-11-5-4-9(2)16-14(11)13(15)8-10/h1,4-6,8,12,17H,7H2,2H3. The first-order valence-corrected chi connectivity index (χ1v) is 5.30. The van der Waals surface area contributed by atoms with E-state index < -0.39 is 6.10 Å². The van der Waals surface area contributed by atoms with Gasteiger partial charge in [-0.15, -0.1) is 6.42 Å². The molecule has 0 bridgehead atoms. The van der Waals surface area contributed by atoms with Gasteiger partial charge in [0.1, 0.15) is 17.4 Å².